The summed E-state index contributed by atoms with van der Waals surface area (Å²) < 4.78 is 11.9. The summed E-state index contributed by atoms with van der Waals surface area (Å²) in [5.41, 5.74) is 2.42. The lowest BCUT2D eigenvalue weighted by molar-refractivity contribution is 0.0563. The quantitative estimate of drug-likeness (QED) is 0.286. The summed E-state index contributed by atoms with van der Waals surface area (Å²) in [6.45, 7) is 0.582. The topological polar surface area (TPSA) is 95.9 Å². The van der Waals surface area contributed by atoms with Crippen LogP contribution in [-0.4, -0.2) is 38.0 Å². The molecule has 0 aliphatic rings. The summed E-state index contributed by atoms with van der Waals surface area (Å²) >= 11 is 1.44. The molecule has 3 heterocycles. The maximum absolute atomic E-state index is 11.5. The number of hydrogen-bond donors (Lipinski definition) is 0. The third kappa shape index (κ3) is 3.68. The molecule has 0 saturated carbocycles. The van der Waals surface area contributed by atoms with E-state index in [1.54, 1.807) is 16.8 Å². The minimum atomic E-state index is -0.500. The predicted octanol–water partition coefficient (Wildman–Crippen LogP) is 2.94. The molecule has 4 rings (SSSR count). The highest BCUT2D eigenvalue weighted by Gasteiger charge is 2.15. The van der Waals surface area contributed by atoms with Crippen molar-refractivity contribution in [2.45, 2.75) is 17.3 Å². The number of carbonyl (C=O) groups is 1. The van der Waals surface area contributed by atoms with Gasteiger partial charge in [-0.1, -0.05) is 47.3 Å². The van der Waals surface area contributed by atoms with Crippen LogP contribution in [0.3, 0.4) is 0 Å². The molecular formula is C18H15N5O3S. The molecule has 8 nitrogen and oxygen atoms in total. The van der Waals surface area contributed by atoms with Crippen LogP contribution < -0.4 is 0 Å². The molecule has 9 heteroatoms. The van der Waals surface area contributed by atoms with E-state index in [1.807, 2.05) is 30.3 Å². The highest BCUT2D eigenvalue weighted by Crippen LogP contribution is 2.27. The van der Waals surface area contributed by atoms with Crippen molar-refractivity contribution in [2.75, 3.05) is 7.11 Å². The monoisotopic (exact) mass is 381 g/mol. The largest absolute Gasteiger partial charge is 0.463 e. The predicted molar refractivity (Wildman–Crippen MR) is 98.3 cm³/mol. The Morgan fingerprint density at radius 1 is 1.19 bits per heavy atom. The zero-order valence-electron chi connectivity index (χ0n) is 14.4. The summed E-state index contributed by atoms with van der Waals surface area (Å²) in [6, 6.07) is 13.3. The summed E-state index contributed by atoms with van der Waals surface area (Å²) in [4.78, 5) is 20.1. The van der Waals surface area contributed by atoms with E-state index in [9.17, 15) is 4.79 Å². The Kier molecular flexibility index (Phi) is 4.84. The van der Waals surface area contributed by atoms with E-state index in [2.05, 4.69) is 25.0 Å². The van der Waals surface area contributed by atoms with Crippen molar-refractivity contribution >= 4 is 28.9 Å². The highest BCUT2D eigenvalue weighted by molar-refractivity contribution is 7.98. The molecule has 0 aliphatic carbocycles. The third-order valence-electron chi connectivity index (χ3n) is 3.84. The van der Waals surface area contributed by atoms with E-state index in [0.29, 0.717) is 34.2 Å². The zero-order valence-corrected chi connectivity index (χ0v) is 15.2. The molecular weight excluding hydrogens is 366 g/mol. The molecule has 3 aromatic heterocycles. The number of thioether (sulfide) groups is 1. The average molecular weight is 381 g/mol. The highest BCUT2D eigenvalue weighted by atomic mass is 32.2. The van der Waals surface area contributed by atoms with Crippen molar-refractivity contribution in [1.82, 2.24) is 25.0 Å². The molecule has 0 saturated heterocycles. The van der Waals surface area contributed by atoms with Crippen LogP contribution in [0.5, 0.6) is 0 Å². The number of benzene rings is 1. The number of furan rings is 1. The number of aromatic nitrogens is 5. The Bertz CT molecular complexity index is 1080. The molecule has 0 radical (unpaired) electrons. The van der Waals surface area contributed by atoms with Gasteiger partial charge in [-0.25, -0.2) is 19.4 Å². The van der Waals surface area contributed by atoms with Crippen LogP contribution in [0.15, 0.2) is 58.2 Å². The molecule has 0 unspecified atom stereocenters. The maximum Gasteiger partial charge on any atom is 0.373 e. The van der Waals surface area contributed by atoms with E-state index in [0.717, 1.165) is 5.56 Å². The third-order valence-corrected chi connectivity index (χ3v) is 4.84. The Labute approximate surface area is 158 Å². The number of carbonyl (C=O) groups excluding carboxylic acids is 1. The number of esters is 1. The molecule has 0 aliphatic heterocycles. The minimum absolute atomic E-state index is 0.176. The zero-order chi connectivity index (χ0) is 18.6. The summed E-state index contributed by atoms with van der Waals surface area (Å²) in [5.74, 6) is 0.812. The first-order valence-electron chi connectivity index (χ1n) is 8.12. The first-order chi connectivity index (χ1) is 13.2. The standard InChI is InChI=1S/C18H15N5O3S/c1-25-18(24)14-8-7-13(26-14)10-27-17-15-16(19-11-20-17)23(22-21-15)9-12-5-3-2-4-6-12/h2-8,11H,9-10H2,1H3. The van der Waals surface area contributed by atoms with Crippen LogP contribution in [0.25, 0.3) is 11.2 Å². The molecule has 0 fully saturated rings. The Hall–Kier alpha value is -3.20. The van der Waals surface area contributed by atoms with Gasteiger partial charge in [0.15, 0.2) is 11.2 Å². The van der Waals surface area contributed by atoms with Crippen molar-refractivity contribution < 1.29 is 13.9 Å². The fourth-order valence-electron chi connectivity index (χ4n) is 2.55. The number of methoxy groups -OCH3 is 1. The summed E-state index contributed by atoms with van der Waals surface area (Å²) in [5, 5.41) is 9.15. The van der Waals surface area contributed by atoms with Gasteiger partial charge in [0.25, 0.3) is 0 Å². The molecule has 0 spiro atoms. The lowest BCUT2D eigenvalue weighted by atomic mass is 10.2. The van der Waals surface area contributed by atoms with E-state index in [-0.39, 0.29) is 5.76 Å². The smallest absolute Gasteiger partial charge is 0.373 e. The second-order valence-corrected chi connectivity index (χ2v) is 6.59. The molecule has 0 amide bonds. The van der Waals surface area contributed by atoms with E-state index >= 15 is 0 Å². The van der Waals surface area contributed by atoms with Crippen LogP contribution >= 0.6 is 11.8 Å². The lowest BCUT2D eigenvalue weighted by Crippen LogP contribution is -2.02. The van der Waals surface area contributed by atoms with E-state index in [4.69, 9.17) is 4.42 Å². The van der Waals surface area contributed by atoms with E-state index < -0.39 is 5.97 Å². The Morgan fingerprint density at radius 2 is 2.04 bits per heavy atom. The Morgan fingerprint density at radius 3 is 2.85 bits per heavy atom. The fraction of sp³-hybridized carbons (Fsp3) is 0.167. The van der Waals surface area contributed by atoms with Crippen molar-refractivity contribution in [3.8, 4) is 0 Å². The van der Waals surface area contributed by atoms with Gasteiger partial charge in [-0.2, -0.15) is 0 Å². The number of hydrogen-bond acceptors (Lipinski definition) is 8. The van der Waals surface area contributed by atoms with Crippen molar-refractivity contribution in [3.63, 3.8) is 0 Å². The van der Waals surface area contributed by atoms with Crippen LogP contribution in [0, 0.1) is 0 Å². The average Bonchev–Trinajstić information content (AvgIpc) is 3.34. The minimum Gasteiger partial charge on any atom is -0.463 e. The Balaban J connectivity index is 1.53. The lowest BCUT2D eigenvalue weighted by Gasteiger charge is -2.02. The van der Waals surface area contributed by atoms with Gasteiger partial charge in [0.05, 0.1) is 19.4 Å². The van der Waals surface area contributed by atoms with Gasteiger partial charge in [-0.05, 0) is 17.7 Å². The van der Waals surface area contributed by atoms with Gasteiger partial charge < -0.3 is 9.15 Å². The molecule has 0 N–H and O–H groups in total. The summed E-state index contributed by atoms with van der Waals surface area (Å²) in [7, 11) is 1.32. The molecule has 27 heavy (non-hydrogen) atoms. The molecule has 0 bridgehead atoms. The first-order valence-corrected chi connectivity index (χ1v) is 9.11. The normalized spacial score (nSPS) is 11.0. The van der Waals surface area contributed by atoms with Crippen molar-refractivity contribution in [2.24, 2.45) is 0 Å². The van der Waals surface area contributed by atoms with Crippen LogP contribution in [-0.2, 0) is 17.0 Å². The van der Waals surface area contributed by atoms with Crippen molar-refractivity contribution in [1.29, 1.82) is 0 Å². The fourth-order valence-corrected chi connectivity index (χ4v) is 3.37. The molecule has 136 valence electrons. The second-order valence-electron chi connectivity index (χ2n) is 5.63. The van der Waals surface area contributed by atoms with Gasteiger partial charge in [0.1, 0.15) is 17.1 Å². The number of fused-ring (bicyclic) bond motifs is 1. The number of ether oxygens (including phenoxy) is 1. The van der Waals surface area contributed by atoms with Crippen LogP contribution in [0.4, 0.5) is 0 Å². The second kappa shape index (κ2) is 7.58. The maximum atomic E-state index is 11.5. The molecule has 4 aromatic rings. The number of rotatable bonds is 6. The van der Waals surface area contributed by atoms with Crippen molar-refractivity contribution in [3.05, 3.63) is 65.9 Å². The van der Waals surface area contributed by atoms with Gasteiger partial charge >= 0.3 is 5.97 Å². The van der Waals surface area contributed by atoms with Crippen LogP contribution in [0.2, 0.25) is 0 Å². The van der Waals surface area contributed by atoms with Gasteiger partial charge in [-0.3, -0.25) is 0 Å². The molecule has 0 atom stereocenters. The van der Waals surface area contributed by atoms with E-state index in [1.165, 1.54) is 25.2 Å². The SMILES string of the molecule is COC(=O)c1ccc(CSc2ncnc3c2nnn3Cc2ccccc2)o1. The van der Waals surface area contributed by atoms with Gasteiger partial charge in [0.2, 0.25) is 5.76 Å². The number of nitrogens with zero attached hydrogens (tertiary/aromatic N) is 5. The summed E-state index contributed by atoms with van der Waals surface area (Å²) in [6.07, 6.45) is 1.50. The van der Waals surface area contributed by atoms with Crippen LogP contribution in [0.1, 0.15) is 21.9 Å². The first kappa shape index (κ1) is 17.2. The molecule has 1 aromatic carbocycles. The van der Waals surface area contributed by atoms with Gasteiger partial charge in [0, 0.05) is 0 Å². The van der Waals surface area contributed by atoms with Gasteiger partial charge in [-0.15, -0.1) is 5.10 Å².